The van der Waals surface area contributed by atoms with Gasteiger partial charge in [-0.15, -0.1) is 4.95 Å². The third-order valence-corrected chi connectivity index (χ3v) is 4.86. The zero-order chi connectivity index (χ0) is 21.6. The van der Waals surface area contributed by atoms with Crippen molar-refractivity contribution in [1.29, 1.82) is 0 Å². The summed E-state index contributed by atoms with van der Waals surface area (Å²) in [6.45, 7) is 7.11. The molecule has 0 aliphatic heterocycles. The van der Waals surface area contributed by atoms with Gasteiger partial charge in [-0.25, -0.2) is 9.97 Å². The second-order valence-corrected chi connectivity index (χ2v) is 6.79. The largest absolute Gasteiger partial charge is 0.457 e. The van der Waals surface area contributed by atoms with Gasteiger partial charge in [0.1, 0.15) is 17.2 Å². The zero-order valence-corrected chi connectivity index (χ0v) is 15.7. The van der Waals surface area contributed by atoms with E-state index in [0.717, 1.165) is 23.3 Å². The van der Waals surface area contributed by atoms with Crippen LogP contribution in [-0.2, 0) is 6.18 Å². The summed E-state index contributed by atoms with van der Waals surface area (Å²) in [5.74, 6) is 0.695. The number of benzene rings is 3. The molecule has 0 atom stereocenters. The summed E-state index contributed by atoms with van der Waals surface area (Å²) in [6.07, 6.45) is -4.40. The first-order chi connectivity index (χ1) is 14.9. The molecule has 1 aliphatic rings. The minimum Gasteiger partial charge on any atom is -0.457 e. The first-order valence-electron chi connectivity index (χ1n) is 9.15. The molecular weight excluding hydrogens is 405 g/mol. The molecular formula is C23H11F3N4O. The monoisotopic (exact) mass is 416 g/mol. The van der Waals surface area contributed by atoms with Gasteiger partial charge in [0.2, 0.25) is 0 Å². The molecule has 0 spiro atoms. The van der Waals surface area contributed by atoms with Crippen LogP contribution in [0.3, 0.4) is 0 Å². The minimum atomic E-state index is -4.40. The summed E-state index contributed by atoms with van der Waals surface area (Å²) >= 11 is 0. The second kappa shape index (κ2) is 6.92. The van der Waals surface area contributed by atoms with Crippen molar-refractivity contribution in [2.45, 2.75) is 6.18 Å². The van der Waals surface area contributed by atoms with Gasteiger partial charge in [-0.3, -0.25) is 0 Å². The van der Waals surface area contributed by atoms with Gasteiger partial charge in [-0.05, 0) is 36.4 Å². The van der Waals surface area contributed by atoms with Crippen LogP contribution in [0.25, 0.3) is 27.2 Å². The Kier molecular flexibility index (Phi) is 4.19. The molecule has 1 heterocycles. The highest BCUT2D eigenvalue weighted by Gasteiger charge is 2.31. The van der Waals surface area contributed by atoms with E-state index in [1.807, 2.05) is 24.3 Å². The smallest absolute Gasteiger partial charge is 0.416 e. The molecule has 3 aromatic carbocycles. The fraction of sp³-hybridized carbons (Fsp3) is 0.0435. The van der Waals surface area contributed by atoms with Crippen LogP contribution in [0.5, 0.6) is 11.5 Å². The molecule has 1 aliphatic carbocycles. The Morgan fingerprint density at radius 2 is 1.48 bits per heavy atom. The zero-order valence-electron chi connectivity index (χ0n) is 15.7. The number of ether oxygens (including phenoxy) is 1. The lowest BCUT2D eigenvalue weighted by Gasteiger charge is -2.10. The fourth-order valence-corrected chi connectivity index (χ4v) is 3.47. The molecule has 150 valence electrons. The van der Waals surface area contributed by atoms with E-state index in [4.69, 9.17) is 16.3 Å². The topological polar surface area (TPSA) is 51.7 Å². The molecule has 5 rings (SSSR count). The highest BCUT2D eigenvalue weighted by atomic mass is 19.4. The van der Waals surface area contributed by atoms with Crippen molar-refractivity contribution in [2.24, 2.45) is 5.10 Å². The summed E-state index contributed by atoms with van der Waals surface area (Å²) in [6, 6.07) is 17.0. The van der Waals surface area contributed by atoms with Gasteiger partial charge in [-0.1, -0.05) is 24.3 Å². The van der Waals surface area contributed by atoms with Gasteiger partial charge < -0.3 is 4.74 Å². The lowest BCUT2D eigenvalue weighted by atomic mass is 10.1. The number of halogens is 3. The maximum atomic E-state index is 12.7. The van der Waals surface area contributed by atoms with Crippen LogP contribution in [0.4, 0.5) is 13.2 Å². The van der Waals surface area contributed by atoms with E-state index in [2.05, 4.69) is 15.0 Å². The Morgan fingerprint density at radius 1 is 0.806 bits per heavy atom. The molecule has 4 aromatic rings. The summed E-state index contributed by atoms with van der Waals surface area (Å²) in [7, 11) is 0. The first-order valence-corrected chi connectivity index (χ1v) is 9.15. The molecule has 8 heteroatoms. The molecule has 0 radical (unpaired) electrons. The lowest BCUT2D eigenvalue weighted by Crippen LogP contribution is -2.04. The molecule has 0 N–H and O–H groups in total. The highest BCUT2D eigenvalue weighted by Crippen LogP contribution is 2.37. The standard InChI is InChI=1S/C23H11F3N4O/c1-27-30-21-17-5-3-2-4-16(17)20-22(21)28-18-11-10-15(12-19(18)29-20)31-14-8-6-13(7-9-14)23(24,25)26/h2-12H/b30-21+. The van der Waals surface area contributed by atoms with Gasteiger partial charge in [0, 0.05) is 17.2 Å². The van der Waals surface area contributed by atoms with Crippen molar-refractivity contribution in [2.75, 3.05) is 0 Å². The Labute approximate surface area is 174 Å². The number of alkyl halides is 3. The molecule has 1 aromatic heterocycles. The molecule has 0 amide bonds. The second-order valence-electron chi connectivity index (χ2n) is 6.79. The normalized spacial score (nSPS) is 13.7. The molecule has 0 bridgehead atoms. The third-order valence-electron chi connectivity index (χ3n) is 4.86. The van der Waals surface area contributed by atoms with Crippen molar-refractivity contribution >= 4 is 16.7 Å². The Bertz CT molecular complexity index is 1400. The average molecular weight is 416 g/mol. The van der Waals surface area contributed by atoms with E-state index in [0.29, 0.717) is 33.9 Å². The van der Waals surface area contributed by atoms with Crippen LogP contribution in [0, 0.1) is 6.57 Å². The Morgan fingerprint density at radius 3 is 2.19 bits per heavy atom. The Hall–Kier alpha value is -4.25. The van der Waals surface area contributed by atoms with Crippen molar-refractivity contribution in [3.8, 4) is 22.8 Å². The molecule has 0 unspecified atom stereocenters. The first kappa shape index (κ1) is 18.8. The number of hydrogen-bond acceptors (Lipinski definition) is 4. The van der Waals surface area contributed by atoms with Gasteiger partial charge in [-0.2, -0.15) is 19.7 Å². The van der Waals surface area contributed by atoms with E-state index in [9.17, 15) is 13.2 Å². The van der Waals surface area contributed by atoms with Gasteiger partial charge in [0.15, 0.2) is 5.71 Å². The summed E-state index contributed by atoms with van der Waals surface area (Å²) < 4.78 is 43.9. The predicted molar refractivity (Wildman–Crippen MR) is 109 cm³/mol. The van der Waals surface area contributed by atoms with Crippen LogP contribution in [-0.4, -0.2) is 15.7 Å². The van der Waals surface area contributed by atoms with Crippen molar-refractivity contribution in [3.05, 3.63) is 95.1 Å². The number of hydrogen-bond donors (Lipinski definition) is 0. The van der Waals surface area contributed by atoms with Gasteiger partial charge >= 0.3 is 6.18 Å². The van der Waals surface area contributed by atoms with E-state index < -0.39 is 11.7 Å². The van der Waals surface area contributed by atoms with Gasteiger partial charge in [0.25, 0.3) is 0 Å². The fourth-order valence-electron chi connectivity index (χ4n) is 3.47. The highest BCUT2D eigenvalue weighted by molar-refractivity contribution is 6.23. The van der Waals surface area contributed by atoms with Crippen LogP contribution in [0.2, 0.25) is 0 Å². The van der Waals surface area contributed by atoms with Crippen LogP contribution in [0.15, 0.2) is 71.8 Å². The van der Waals surface area contributed by atoms with Crippen LogP contribution < -0.4 is 4.74 Å². The summed E-state index contributed by atoms with van der Waals surface area (Å²) in [5, 5.41) is 3.91. The predicted octanol–water partition coefficient (Wildman–Crippen LogP) is 6.09. The number of fused-ring (bicyclic) bond motifs is 4. The van der Waals surface area contributed by atoms with Crippen molar-refractivity contribution < 1.29 is 17.9 Å². The van der Waals surface area contributed by atoms with Crippen LogP contribution >= 0.6 is 0 Å². The SMILES string of the molecule is [C-]#[N+]/N=C1\c2ccccc2-c2nc3cc(Oc4ccc(C(F)(F)F)cc4)ccc3nc21. The van der Waals surface area contributed by atoms with E-state index >= 15 is 0 Å². The van der Waals surface area contributed by atoms with Crippen LogP contribution in [0.1, 0.15) is 16.8 Å². The number of nitrogens with zero attached hydrogens (tertiary/aromatic N) is 4. The Balaban J connectivity index is 1.54. The minimum absolute atomic E-state index is 0.276. The number of rotatable bonds is 2. The molecule has 5 nitrogen and oxygen atoms in total. The quantitative estimate of drug-likeness (QED) is 0.258. The maximum Gasteiger partial charge on any atom is 0.416 e. The van der Waals surface area contributed by atoms with E-state index in [1.54, 1.807) is 18.2 Å². The molecule has 0 fully saturated rings. The lowest BCUT2D eigenvalue weighted by molar-refractivity contribution is -0.137. The van der Waals surface area contributed by atoms with E-state index in [1.165, 1.54) is 12.1 Å². The van der Waals surface area contributed by atoms with Crippen molar-refractivity contribution in [1.82, 2.24) is 9.97 Å². The molecule has 0 saturated heterocycles. The molecule has 0 saturated carbocycles. The maximum absolute atomic E-state index is 12.7. The average Bonchev–Trinajstić information content (AvgIpc) is 3.05. The molecule has 31 heavy (non-hydrogen) atoms. The number of aromatic nitrogens is 2. The van der Waals surface area contributed by atoms with Gasteiger partial charge in [0.05, 0.1) is 27.4 Å². The van der Waals surface area contributed by atoms with E-state index in [-0.39, 0.29) is 5.75 Å². The third kappa shape index (κ3) is 3.26. The summed E-state index contributed by atoms with van der Waals surface area (Å²) in [5.41, 5.74) is 3.69. The van der Waals surface area contributed by atoms with Crippen molar-refractivity contribution in [3.63, 3.8) is 0 Å². The summed E-state index contributed by atoms with van der Waals surface area (Å²) in [4.78, 5) is 12.5.